The monoisotopic (exact) mass is 231 g/mol. The predicted molar refractivity (Wildman–Crippen MR) is 58.9 cm³/mol. The maximum atomic E-state index is 12.0. The molecule has 0 aliphatic carbocycles. The molecule has 86 valence electrons. The van der Waals surface area contributed by atoms with Crippen LogP contribution in [-0.2, 0) is 19.8 Å². The van der Waals surface area contributed by atoms with Crippen LogP contribution in [0, 0.1) is 0 Å². The highest BCUT2D eigenvalue weighted by atomic mass is 16.2. The molecule has 2 heterocycles. The zero-order chi connectivity index (χ0) is 12.2. The van der Waals surface area contributed by atoms with Crippen LogP contribution in [-0.4, -0.2) is 17.7 Å². The Labute approximate surface area is 96.2 Å². The summed E-state index contributed by atoms with van der Waals surface area (Å²) in [5.41, 5.74) is 5.69. The standard InChI is InChI=1S/C11H9N3O3/c12-5-1-2-7-6(3-5)11(9(16)13-7)4-8(15)14-10(11)17/h1-3H,4,12H2,(H,13,16)(H,14,15,17). The van der Waals surface area contributed by atoms with Crippen molar-refractivity contribution in [1.29, 1.82) is 0 Å². The van der Waals surface area contributed by atoms with E-state index in [0.717, 1.165) is 0 Å². The Morgan fingerprint density at radius 3 is 2.47 bits per heavy atom. The van der Waals surface area contributed by atoms with Crippen LogP contribution in [0.4, 0.5) is 11.4 Å². The van der Waals surface area contributed by atoms with Gasteiger partial charge in [-0.15, -0.1) is 0 Å². The smallest absolute Gasteiger partial charge is 0.247 e. The molecule has 2 aliphatic rings. The van der Waals surface area contributed by atoms with E-state index >= 15 is 0 Å². The van der Waals surface area contributed by atoms with E-state index in [2.05, 4.69) is 10.6 Å². The molecule has 1 aromatic rings. The number of rotatable bonds is 0. The third-order valence-electron chi connectivity index (χ3n) is 3.21. The van der Waals surface area contributed by atoms with Gasteiger partial charge in [0.1, 0.15) is 0 Å². The number of fused-ring (bicyclic) bond motifs is 2. The predicted octanol–water partition coefficient (Wildman–Crippen LogP) is -0.495. The second-order valence-electron chi connectivity index (χ2n) is 4.22. The number of hydrogen-bond acceptors (Lipinski definition) is 4. The fraction of sp³-hybridized carbons (Fsp3) is 0.182. The molecule has 2 aliphatic heterocycles. The Morgan fingerprint density at radius 2 is 1.82 bits per heavy atom. The van der Waals surface area contributed by atoms with Gasteiger partial charge >= 0.3 is 0 Å². The molecule has 0 radical (unpaired) electrons. The van der Waals surface area contributed by atoms with E-state index in [1.165, 1.54) is 0 Å². The van der Waals surface area contributed by atoms with Gasteiger partial charge in [0.15, 0.2) is 5.41 Å². The van der Waals surface area contributed by atoms with Gasteiger partial charge in [0.2, 0.25) is 17.7 Å². The van der Waals surface area contributed by atoms with Crippen molar-refractivity contribution < 1.29 is 14.4 Å². The molecule has 1 aromatic carbocycles. The highest BCUT2D eigenvalue weighted by Gasteiger charge is 2.58. The lowest BCUT2D eigenvalue weighted by molar-refractivity contribution is -0.131. The lowest BCUT2D eigenvalue weighted by Crippen LogP contribution is -2.41. The first-order chi connectivity index (χ1) is 8.04. The third kappa shape index (κ3) is 1.06. The zero-order valence-electron chi connectivity index (χ0n) is 8.74. The number of carbonyl (C=O) groups is 3. The topological polar surface area (TPSA) is 101 Å². The number of benzene rings is 1. The van der Waals surface area contributed by atoms with Crippen molar-refractivity contribution in [2.24, 2.45) is 0 Å². The Balaban J connectivity index is 2.26. The van der Waals surface area contributed by atoms with Crippen molar-refractivity contribution in [3.8, 4) is 0 Å². The summed E-state index contributed by atoms with van der Waals surface area (Å²) in [5, 5.41) is 4.76. The summed E-state index contributed by atoms with van der Waals surface area (Å²) in [6.45, 7) is 0. The minimum atomic E-state index is -1.43. The van der Waals surface area contributed by atoms with Crippen molar-refractivity contribution in [3.63, 3.8) is 0 Å². The number of imide groups is 1. The first kappa shape index (κ1) is 9.83. The van der Waals surface area contributed by atoms with E-state index in [4.69, 9.17) is 5.73 Å². The minimum Gasteiger partial charge on any atom is -0.399 e. The lowest BCUT2D eigenvalue weighted by atomic mass is 9.80. The molecule has 6 nitrogen and oxygen atoms in total. The molecule has 1 spiro atoms. The second kappa shape index (κ2) is 2.85. The van der Waals surface area contributed by atoms with Crippen LogP contribution in [0.5, 0.6) is 0 Å². The van der Waals surface area contributed by atoms with E-state index in [0.29, 0.717) is 16.9 Å². The summed E-state index contributed by atoms with van der Waals surface area (Å²) >= 11 is 0. The van der Waals surface area contributed by atoms with Crippen LogP contribution in [0.1, 0.15) is 12.0 Å². The molecule has 1 fully saturated rings. The number of nitrogens with two attached hydrogens (primary N) is 1. The van der Waals surface area contributed by atoms with Gasteiger partial charge in [-0.1, -0.05) is 0 Å². The Morgan fingerprint density at radius 1 is 1.12 bits per heavy atom. The van der Waals surface area contributed by atoms with Gasteiger partial charge in [-0.05, 0) is 18.2 Å². The third-order valence-corrected chi connectivity index (χ3v) is 3.21. The van der Waals surface area contributed by atoms with E-state index in [1.54, 1.807) is 18.2 Å². The van der Waals surface area contributed by atoms with Crippen LogP contribution < -0.4 is 16.4 Å². The van der Waals surface area contributed by atoms with Crippen molar-refractivity contribution >= 4 is 29.1 Å². The van der Waals surface area contributed by atoms with Gasteiger partial charge in [0.25, 0.3) is 0 Å². The van der Waals surface area contributed by atoms with Gasteiger partial charge in [-0.25, -0.2) is 0 Å². The molecule has 1 saturated heterocycles. The summed E-state index contributed by atoms with van der Waals surface area (Å²) in [6.07, 6.45) is -0.159. The van der Waals surface area contributed by atoms with Crippen LogP contribution in [0.2, 0.25) is 0 Å². The van der Waals surface area contributed by atoms with Gasteiger partial charge in [-0.3, -0.25) is 19.7 Å². The van der Waals surface area contributed by atoms with Crippen molar-refractivity contribution in [2.75, 3.05) is 11.1 Å². The second-order valence-corrected chi connectivity index (χ2v) is 4.22. The molecule has 4 N–H and O–H groups in total. The van der Waals surface area contributed by atoms with Gasteiger partial charge in [0, 0.05) is 16.9 Å². The number of nitrogens with one attached hydrogen (secondary N) is 2. The number of carbonyl (C=O) groups excluding carboxylic acids is 3. The summed E-state index contributed by atoms with van der Waals surface area (Å²) in [4.78, 5) is 35.1. The average Bonchev–Trinajstić information content (AvgIpc) is 2.70. The molecule has 3 rings (SSSR count). The first-order valence-electron chi connectivity index (χ1n) is 5.10. The van der Waals surface area contributed by atoms with Gasteiger partial charge < -0.3 is 11.1 Å². The highest BCUT2D eigenvalue weighted by Crippen LogP contribution is 2.43. The molecule has 6 heteroatoms. The normalized spacial score (nSPS) is 26.0. The molecule has 0 aromatic heterocycles. The average molecular weight is 231 g/mol. The fourth-order valence-corrected chi connectivity index (χ4v) is 2.37. The number of amides is 3. The molecule has 3 amide bonds. The minimum absolute atomic E-state index is 0.159. The maximum absolute atomic E-state index is 12.0. The molecular weight excluding hydrogens is 222 g/mol. The number of nitrogen functional groups attached to an aromatic ring is 1. The van der Waals surface area contributed by atoms with Crippen LogP contribution in [0.25, 0.3) is 0 Å². The molecule has 17 heavy (non-hydrogen) atoms. The first-order valence-corrected chi connectivity index (χ1v) is 5.10. The molecule has 0 saturated carbocycles. The number of hydrogen-bond donors (Lipinski definition) is 3. The molecular formula is C11H9N3O3. The Hall–Kier alpha value is -2.37. The summed E-state index contributed by atoms with van der Waals surface area (Å²) < 4.78 is 0. The Kier molecular flexibility index (Phi) is 1.65. The van der Waals surface area contributed by atoms with Crippen LogP contribution in [0.15, 0.2) is 18.2 Å². The molecule has 0 bridgehead atoms. The SMILES string of the molecule is Nc1ccc2c(c1)C1(CC(=O)NC1=O)C(=O)N2. The van der Waals surface area contributed by atoms with E-state index in [1.807, 2.05) is 0 Å². The largest absolute Gasteiger partial charge is 0.399 e. The summed E-state index contributed by atoms with van der Waals surface area (Å²) in [5.74, 6) is -1.49. The van der Waals surface area contributed by atoms with E-state index in [9.17, 15) is 14.4 Å². The van der Waals surface area contributed by atoms with Gasteiger partial charge in [0.05, 0.1) is 6.42 Å². The summed E-state index contributed by atoms with van der Waals surface area (Å²) in [6, 6.07) is 4.83. The number of anilines is 2. The zero-order valence-corrected chi connectivity index (χ0v) is 8.74. The van der Waals surface area contributed by atoms with Crippen molar-refractivity contribution in [1.82, 2.24) is 5.32 Å². The molecule has 1 atom stereocenters. The van der Waals surface area contributed by atoms with Crippen molar-refractivity contribution in [2.45, 2.75) is 11.8 Å². The Bertz CT molecular complexity index is 581. The summed E-state index contributed by atoms with van der Waals surface area (Å²) in [7, 11) is 0. The van der Waals surface area contributed by atoms with E-state index < -0.39 is 23.1 Å². The van der Waals surface area contributed by atoms with Crippen molar-refractivity contribution in [3.05, 3.63) is 23.8 Å². The van der Waals surface area contributed by atoms with Crippen LogP contribution in [0.3, 0.4) is 0 Å². The lowest BCUT2D eigenvalue weighted by Gasteiger charge is -2.16. The quantitative estimate of drug-likeness (QED) is 0.318. The highest BCUT2D eigenvalue weighted by molar-refractivity contribution is 6.28. The van der Waals surface area contributed by atoms with Crippen LogP contribution >= 0.6 is 0 Å². The fourth-order valence-electron chi connectivity index (χ4n) is 2.37. The van der Waals surface area contributed by atoms with Gasteiger partial charge in [-0.2, -0.15) is 0 Å². The van der Waals surface area contributed by atoms with E-state index in [-0.39, 0.29) is 6.42 Å². The molecule has 1 unspecified atom stereocenters. The maximum Gasteiger partial charge on any atom is 0.247 e.